The topological polar surface area (TPSA) is 55.8 Å². The molecule has 4 nitrogen and oxygen atoms in total. The number of allylic oxidation sites excluding steroid dienone is 2. The molecule has 2 aromatic carbocycles. The van der Waals surface area contributed by atoms with E-state index in [4.69, 9.17) is 9.05 Å². The van der Waals surface area contributed by atoms with E-state index in [1.54, 1.807) is 13.8 Å². The Balaban J connectivity index is 2.74. The van der Waals surface area contributed by atoms with Gasteiger partial charge in [-0.15, -0.1) is 0 Å². The van der Waals surface area contributed by atoms with Gasteiger partial charge >= 0.3 is 7.60 Å². The monoisotopic (exact) mass is 402 g/mol. The minimum atomic E-state index is -3.63. The number of benzene rings is 2. The maximum Gasteiger partial charge on any atom is 0.337 e. The van der Waals surface area contributed by atoms with Gasteiger partial charge in [-0.05, 0) is 45.2 Å². The highest BCUT2D eigenvalue weighted by molar-refractivity contribution is 7.54. The van der Waals surface area contributed by atoms with Crippen LogP contribution in [0.5, 0.6) is 0 Å². The van der Waals surface area contributed by atoms with Crippen molar-refractivity contribution in [3.63, 3.8) is 0 Å². The van der Waals surface area contributed by atoms with E-state index >= 15 is 0 Å². The van der Waals surface area contributed by atoms with Crippen LogP contribution in [0.3, 0.4) is 0 Å². The molecule has 1 unspecified atom stereocenters. The standard InChI is InChI=1S/C23H31O4P/c1-5-26-28(25,27-6-2)22(18-17-19(3)4)23(24,20-13-9-7-10-14-20)21-15-11-8-12-16-21/h7-17,22,24H,5-6,18H2,1-4H3. The van der Waals surface area contributed by atoms with Crippen LogP contribution in [0.1, 0.15) is 45.2 Å². The van der Waals surface area contributed by atoms with Gasteiger partial charge in [-0.2, -0.15) is 0 Å². The van der Waals surface area contributed by atoms with E-state index in [1.807, 2.05) is 80.6 Å². The minimum absolute atomic E-state index is 0.238. The minimum Gasteiger partial charge on any atom is -0.379 e. The molecular formula is C23H31O4P. The van der Waals surface area contributed by atoms with Crippen molar-refractivity contribution in [1.29, 1.82) is 0 Å². The second-order valence-corrected chi connectivity index (χ2v) is 9.13. The number of hydrogen-bond acceptors (Lipinski definition) is 4. The van der Waals surface area contributed by atoms with Crippen LogP contribution in [0.4, 0.5) is 0 Å². The largest absolute Gasteiger partial charge is 0.379 e. The maximum atomic E-state index is 13.9. The van der Waals surface area contributed by atoms with Crippen LogP contribution >= 0.6 is 7.60 Å². The summed E-state index contributed by atoms with van der Waals surface area (Å²) in [6.45, 7) is 8.01. The average Bonchev–Trinajstić information content (AvgIpc) is 2.69. The molecule has 0 aliphatic heterocycles. The quantitative estimate of drug-likeness (QED) is 0.396. The Labute approximate surface area is 168 Å². The Morgan fingerprint density at radius 2 is 1.39 bits per heavy atom. The van der Waals surface area contributed by atoms with E-state index in [2.05, 4.69) is 0 Å². The zero-order valence-electron chi connectivity index (χ0n) is 17.2. The zero-order valence-corrected chi connectivity index (χ0v) is 18.1. The predicted molar refractivity (Wildman–Crippen MR) is 115 cm³/mol. The molecule has 0 fully saturated rings. The van der Waals surface area contributed by atoms with E-state index in [0.717, 1.165) is 5.57 Å². The summed E-state index contributed by atoms with van der Waals surface area (Å²) in [7, 11) is -3.63. The number of rotatable bonds is 10. The molecule has 1 atom stereocenters. The molecule has 0 aliphatic carbocycles. The first kappa shape index (κ1) is 22.6. The van der Waals surface area contributed by atoms with Gasteiger partial charge in [0.15, 0.2) is 0 Å². The molecule has 5 heteroatoms. The van der Waals surface area contributed by atoms with Gasteiger partial charge in [-0.25, -0.2) is 0 Å². The molecule has 28 heavy (non-hydrogen) atoms. The van der Waals surface area contributed by atoms with Crippen molar-refractivity contribution >= 4 is 7.60 Å². The average molecular weight is 402 g/mol. The van der Waals surface area contributed by atoms with Gasteiger partial charge in [0.05, 0.1) is 13.2 Å². The smallest absolute Gasteiger partial charge is 0.337 e. The Bertz CT molecular complexity index is 748. The molecule has 0 aromatic heterocycles. The van der Waals surface area contributed by atoms with Crippen molar-refractivity contribution in [2.45, 2.75) is 45.4 Å². The Kier molecular flexibility index (Phi) is 8.21. The highest BCUT2D eigenvalue weighted by atomic mass is 31.2. The summed E-state index contributed by atoms with van der Waals surface area (Å²) in [4.78, 5) is 0. The number of hydrogen-bond donors (Lipinski definition) is 1. The molecule has 0 radical (unpaired) electrons. The SMILES string of the molecule is CCOP(=O)(OCC)C(CC=C(C)C)C(O)(c1ccccc1)c1ccccc1. The second-order valence-electron chi connectivity index (χ2n) is 6.91. The molecule has 0 bridgehead atoms. The van der Waals surface area contributed by atoms with Gasteiger partial charge in [0.1, 0.15) is 11.3 Å². The lowest BCUT2D eigenvalue weighted by Gasteiger charge is -2.40. The third kappa shape index (κ3) is 5.01. The third-order valence-corrected chi connectivity index (χ3v) is 7.24. The van der Waals surface area contributed by atoms with Crippen LogP contribution in [0.2, 0.25) is 0 Å². The summed E-state index contributed by atoms with van der Waals surface area (Å²) in [5, 5.41) is 12.2. The predicted octanol–water partition coefficient (Wildman–Crippen LogP) is 5.91. The van der Waals surface area contributed by atoms with Gasteiger partial charge in [0, 0.05) is 0 Å². The van der Waals surface area contributed by atoms with Gasteiger partial charge < -0.3 is 14.2 Å². The lowest BCUT2D eigenvalue weighted by molar-refractivity contribution is 0.0602. The zero-order chi connectivity index (χ0) is 20.6. The molecule has 0 spiro atoms. The van der Waals surface area contributed by atoms with E-state index in [-0.39, 0.29) is 13.2 Å². The molecular weight excluding hydrogens is 371 g/mol. The van der Waals surface area contributed by atoms with Crippen molar-refractivity contribution in [2.24, 2.45) is 0 Å². The van der Waals surface area contributed by atoms with Gasteiger partial charge in [-0.1, -0.05) is 72.3 Å². The van der Waals surface area contributed by atoms with Crippen molar-refractivity contribution in [3.05, 3.63) is 83.4 Å². The Hall–Kier alpha value is -1.71. The molecule has 152 valence electrons. The highest BCUT2D eigenvalue weighted by Crippen LogP contribution is 2.61. The molecule has 0 heterocycles. The summed E-state index contributed by atoms with van der Waals surface area (Å²) < 4.78 is 25.3. The fourth-order valence-electron chi connectivity index (χ4n) is 3.39. The Morgan fingerprint density at radius 3 is 1.75 bits per heavy atom. The van der Waals surface area contributed by atoms with E-state index < -0.39 is 18.9 Å². The van der Waals surface area contributed by atoms with Gasteiger partial charge in [0.25, 0.3) is 0 Å². The lowest BCUT2D eigenvalue weighted by Crippen LogP contribution is -2.41. The van der Waals surface area contributed by atoms with Crippen molar-refractivity contribution < 1.29 is 18.7 Å². The molecule has 0 aliphatic rings. The van der Waals surface area contributed by atoms with Crippen LogP contribution in [-0.4, -0.2) is 24.0 Å². The van der Waals surface area contributed by atoms with Crippen molar-refractivity contribution in [2.75, 3.05) is 13.2 Å². The highest BCUT2D eigenvalue weighted by Gasteiger charge is 2.51. The molecule has 0 saturated carbocycles. The summed E-state index contributed by atoms with van der Waals surface area (Å²) >= 11 is 0. The molecule has 0 amide bonds. The second kappa shape index (κ2) is 10.2. The third-order valence-electron chi connectivity index (χ3n) is 4.66. The van der Waals surface area contributed by atoms with E-state index in [0.29, 0.717) is 17.5 Å². The Morgan fingerprint density at radius 1 is 0.964 bits per heavy atom. The van der Waals surface area contributed by atoms with Crippen LogP contribution in [0.15, 0.2) is 72.3 Å². The summed E-state index contributed by atoms with van der Waals surface area (Å²) in [5.74, 6) is 0. The van der Waals surface area contributed by atoms with E-state index in [1.165, 1.54) is 0 Å². The fraction of sp³-hybridized carbons (Fsp3) is 0.391. The lowest BCUT2D eigenvalue weighted by atomic mass is 9.82. The molecule has 2 aromatic rings. The van der Waals surface area contributed by atoms with Crippen molar-refractivity contribution in [1.82, 2.24) is 0 Å². The number of aliphatic hydroxyl groups is 1. The first-order valence-electron chi connectivity index (χ1n) is 9.74. The maximum absolute atomic E-state index is 13.9. The normalized spacial score (nSPS) is 13.2. The van der Waals surface area contributed by atoms with Crippen LogP contribution in [-0.2, 0) is 19.2 Å². The van der Waals surface area contributed by atoms with Crippen LogP contribution in [0, 0.1) is 0 Å². The van der Waals surface area contributed by atoms with E-state index in [9.17, 15) is 9.67 Å². The molecule has 0 saturated heterocycles. The van der Waals surface area contributed by atoms with Crippen LogP contribution in [0.25, 0.3) is 0 Å². The molecule has 2 rings (SSSR count). The van der Waals surface area contributed by atoms with Gasteiger partial charge in [0.2, 0.25) is 0 Å². The first-order chi connectivity index (χ1) is 13.4. The van der Waals surface area contributed by atoms with Crippen LogP contribution < -0.4 is 0 Å². The summed E-state index contributed by atoms with van der Waals surface area (Å²) in [6, 6.07) is 18.7. The fourth-order valence-corrected chi connectivity index (χ4v) is 5.66. The first-order valence-corrected chi connectivity index (χ1v) is 11.3. The molecule has 1 N–H and O–H groups in total. The van der Waals surface area contributed by atoms with Crippen molar-refractivity contribution in [3.8, 4) is 0 Å². The van der Waals surface area contributed by atoms with Gasteiger partial charge in [-0.3, -0.25) is 4.57 Å². The summed E-state index contributed by atoms with van der Waals surface area (Å²) in [6.07, 6.45) is 2.34. The summed E-state index contributed by atoms with van der Waals surface area (Å²) in [5.41, 5.74) is 0.0718.